The van der Waals surface area contributed by atoms with Crippen molar-refractivity contribution in [3.05, 3.63) is 40.7 Å². The van der Waals surface area contributed by atoms with Gasteiger partial charge in [0.1, 0.15) is 0 Å². The second-order valence-corrected chi connectivity index (χ2v) is 3.41. The Morgan fingerprint density at radius 2 is 2.00 bits per heavy atom. The molecule has 11 heavy (non-hydrogen) atoms. The normalized spacial score (nSPS) is 10.6. The number of hydrogen-bond acceptors (Lipinski definition) is 0. The average Bonchev–Trinajstić information content (AvgIpc) is 1.85. The molecule has 0 fully saturated rings. The van der Waals surface area contributed by atoms with E-state index in [9.17, 15) is 0 Å². The second-order valence-electron chi connectivity index (χ2n) is 2.57. The summed E-state index contributed by atoms with van der Waals surface area (Å²) >= 11 is 11.6. The monoisotopic (exact) mass is 187 g/mol. The minimum atomic E-state index is 0.208. The highest BCUT2D eigenvalue weighted by molar-refractivity contribution is 6.35. The Balaban J connectivity index is 3.09. The van der Waals surface area contributed by atoms with Gasteiger partial charge in [0.15, 0.2) is 0 Å². The van der Waals surface area contributed by atoms with Crippen LogP contribution in [0.4, 0.5) is 0 Å². The van der Waals surface area contributed by atoms with Crippen LogP contribution in [0.5, 0.6) is 0 Å². The molecular formula is C9H9Cl2. The first-order valence-electron chi connectivity index (χ1n) is 3.39. The van der Waals surface area contributed by atoms with E-state index in [1.165, 1.54) is 0 Å². The van der Waals surface area contributed by atoms with E-state index in [-0.39, 0.29) is 5.92 Å². The van der Waals surface area contributed by atoms with Crippen molar-refractivity contribution in [3.8, 4) is 0 Å². The SMILES string of the molecule is [CH2]C(C)c1ccc(Cl)cc1Cl. The zero-order valence-corrected chi connectivity index (χ0v) is 7.78. The van der Waals surface area contributed by atoms with Crippen molar-refractivity contribution < 1.29 is 0 Å². The third-order valence-electron chi connectivity index (χ3n) is 1.49. The van der Waals surface area contributed by atoms with E-state index < -0.39 is 0 Å². The maximum atomic E-state index is 5.90. The van der Waals surface area contributed by atoms with Crippen LogP contribution in [0.3, 0.4) is 0 Å². The van der Waals surface area contributed by atoms with E-state index in [4.69, 9.17) is 23.2 Å². The van der Waals surface area contributed by atoms with Gasteiger partial charge in [-0.15, -0.1) is 0 Å². The van der Waals surface area contributed by atoms with E-state index in [1.807, 2.05) is 19.1 Å². The Kier molecular flexibility index (Phi) is 2.80. The summed E-state index contributed by atoms with van der Waals surface area (Å²) in [6.45, 7) is 5.87. The van der Waals surface area contributed by atoms with Gasteiger partial charge < -0.3 is 0 Å². The number of rotatable bonds is 1. The molecule has 1 unspecified atom stereocenters. The van der Waals surface area contributed by atoms with Gasteiger partial charge in [0.2, 0.25) is 0 Å². The summed E-state index contributed by atoms with van der Waals surface area (Å²) in [5.41, 5.74) is 1.04. The molecule has 0 nitrogen and oxygen atoms in total. The van der Waals surface area contributed by atoms with Crippen molar-refractivity contribution in [2.24, 2.45) is 0 Å². The summed E-state index contributed by atoms with van der Waals surface area (Å²) in [5.74, 6) is 0.208. The lowest BCUT2D eigenvalue weighted by Gasteiger charge is -2.06. The van der Waals surface area contributed by atoms with Gasteiger partial charge in [0, 0.05) is 10.0 Å². The fourth-order valence-corrected chi connectivity index (χ4v) is 1.50. The van der Waals surface area contributed by atoms with E-state index in [2.05, 4.69) is 6.92 Å². The van der Waals surface area contributed by atoms with Crippen molar-refractivity contribution in [3.63, 3.8) is 0 Å². The Morgan fingerprint density at radius 3 is 2.45 bits per heavy atom. The first-order chi connectivity index (χ1) is 5.11. The molecule has 0 aromatic heterocycles. The van der Waals surface area contributed by atoms with Gasteiger partial charge in [-0.1, -0.05) is 36.2 Å². The van der Waals surface area contributed by atoms with E-state index in [0.29, 0.717) is 10.0 Å². The number of halogens is 2. The molecule has 0 aliphatic carbocycles. The molecule has 0 saturated carbocycles. The summed E-state index contributed by atoms with van der Waals surface area (Å²) in [6.07, 6.45) is 0. The van der Waals surface area contributed by atoms with E-state index in [0.717, 1.165) is 5.56 Å². The van der Waals surface area contributed by atoms with Crippen LogP contribution >= 0.6 is 23.2 Å². The molecule has 1 rings (SSSR count). The van der Waals surface area contributed by atoms with Crippen molar-refractivity contribution in [2.75, 3.05) is 0 Å². The number of hydrogen-bond donors (Lipinski definition) is 0. The molecule has 1 atom stereocenters. The highest BCUT2D eigenvalue weighted by atomic mass is 35.5. The Bertz CT molecular complexity index is 254. The van der Waals surface area contributed by atoms with Crippen molar-refractivity contribution in [1.29, 1.82) is 0 Å². The van der Waals surface area contributed by atoms with Crippen LogP contribution in [0.25, 0.3) is 0 Å². The molecule has 0 saturated heterocycles. The molecule has 59 valence electrons. The van der Waals surface area contributed by atoms with Gasteiger partial charge in [-0.3, -0.25) is 0 Å². The smallest absolute Gasteiger partial charge is 0.0455 e. The molecule has 0 bridgehead atoms. The third kappa shape index (κ3) is 2.11. The van der Waals surface area contributed by atoms with Crippen LogP contribution in [0.1, 0.15) is 18.4 Å². The fourth-order valence-electron chi connectivity index (χ4n) is 0.901. The topological polar surface area (TPSA) is 0 Å². The Morgan fingerprint density at radius 1 is 1.36 bits per heavy atom. The Labute approximate surface area is 77.1 Å². The van der Waals surface area contributed by atoms with Gasteiger partial charge in [-0.05, 0) is 30.5 Å². The molecule has 0 amide bonds. The minimum Gasteiger partial charge on any atom is -0.0843 e. The zero-order valence-electron chi connectivity index (χ0n) is 6.27. The highest BCUT2D eigenvalue weighted by Gasteiger charge is 2.04. The molecule has 1 aromatic rings. The van der Waals surface area contributed by atoms with Crippen LogP contribution in [-0.4, -0.2) is 0 Å². The molecule has 0 aliphatic rings. The van der Waals surface area contributed by atoms with Crippen molar-refractivity contribution in [1.82, 2.24) is 0 Å². The van der Waals surface area contributed by atoms with Crippen molar-refractivity contribution in [2.45, 2.75) is 12.8 Å². The van der Waals surface area contributed by atoms with E-state index >= 15 is 0 Å². The molecule has 2 heteroatoms. The predicted molar refractivity (Wildman–Crippen MR) is 50.2 cm³/mol. The lowest BCUT2D eigenvalue weighted by molar-refractivity contribution is 0.965. The summed E-state index contributed by atoms with van der Waals surface area (Å²) in [4.78, 5) is 0. The molecule has 1 aromatic carbocycles. The van der Waals surface area contributed by atoms with Crippen molar-refractivity contribution >= 4 is 23.2 Å². The molecule has 0 heterocycles. The van der Waals surface area contributed by atoms with Crippen LogP contribution in [-0.2, 0) is 0 Å². The lowest BCUT2D eigenvalue weighted by Crippen LogP contribution is -1.87. The van der Waals surface area contributed by atoms with Gasteiger partial charge in [-0.2, -0.15) is 0 Å². The van der Waals surface area contributed by atoms with Crippen LogP contribution in [0, 0.1) is 6.92 Å². The standard InChI is InChI=1S/C9H9Cl2/c1-6(2)8-4-3-7(10)5-9(8)11/h3-6H,1H2,2H3. The first-order valence-corrected chi connectivity index (χ1v) is 4.15. The molecule has 0 aliphatic heterocycles. The third-order valence-corrected chi connectivity index (χ3v) is 2.06. The van der Waals surface area contributed by atoms with Gasteiger partial charge in [0.05, 0.1) is 0 Å². The fraction of sp³-hybridized carbons (Fsp3) is 0.222. The highest BCUT2D eigenvalue weighted by Crippen LogP contribution is 2.26. The maximum absolute atomic E-state index is 5.90. The largest absolute Gasteiger partial charge is 0.0843 e. The number of benzene rings is 1. The Hall–Kier alpha value is -0.200. The van der Waals surface area contributed by atoms with Crippen LogP contribution in [0.15, 0.2) is 18.2 Å². The molecule has 0 spiro atoms. The first kappa shape index (κ1) is 8.89. The predicted octanol–water partition coefficient (Wildman–Crippen LogP) is 3.93. The van der Waals surface area contributed by atoms with Crippen LogP contribution in [0.2, 0.25) is 10.0 Å². The molecule has 0 N–H and O–H groups in total. The summed E-state index contributed by atoms with van der Waals surface area (Å²) in [7, 11) is 0. The molecule has 1 radical (unpaired) electrons. The zero-order chi connectivity index (χ0) is 8.43. The van der Waals surface area contributed by atoms with E-state index in [1.54, 1.807) is 6.07 Å². The van der Waals surface area contributed by atoms with Gasteiger partial charge in [0.25, 0.3) is 0 Å². The quantitative estimate of drug-likeness (QED) is 0.626. The average molecular weight is 188 g/mol. The second kappa shape index (κ2) is 3.46. The van der Waals surface area contributed by atoms with Crippen LogP contribution < -0.4 is 0 Å². The lowest BCUT2D eigenvalue weighted by atomic mass is 10.0. The maximum Gasteiger partial charge on any atom is 0.0455 e. The summed E-state index contributed by atoms with van der Waals surface area (Å²) < 4.78 is 0. The van der Waals surface area contributed by atoms with Gasteiger partial charge >= 0.3 is 0 Å². The summed E-state index contributed by atoms with van der Waals surface area (Å²) in [6, 6.07) is 5.47. The minimum absolute atomic E-state index is 0.208. The van der Waals surface area contributed by atoms with Gasteiger partial charge in [-0.25, -0.2) is 0 Å². The summed E-state index contributed by atoms with van der Waals surface area (Å²) in [5, 5.41) is 1.36. The molecular weight excluding hydrogens is 179 g/mol.